The Labute approximate surface area is 217 Å². The Bertz CT molecular complexity index is 1180. The van der Waals surface area contributed by atoms with E-state index in [0.717, 1.165) is 24.5 Å². The molecule has 1 aromatic carbocycles. The van der Waals surface area contributed by atoms with Gasteiger partial charge in [-0.15, -0.1) is 0 Å². The van der Waals surface area contributed by atoms with E-state index in [2.05, 4.69) is 20.2 Å². The third-order valence-electron chi connectivity index (χ3n) is 6.72. The monoisotopic (exact) mass is 536 g/mol. The molecule has 3 aromatic rings. The van der Waals surface area contributed by atoms with Crippen LogP contribution in [-0.2, 0) is 18.0 Å². The van der Waals surface area contributed by atoms with Crippen molar-refractivity contribution in [3.63, 3.8) is 0 Å². The molecule has 4 rings (SSSR count). The zero-order chi connectivity index (χ0) is 25.8. The molecule has 1 aliphatic heterocycles. The van der Waals surface area contributed by atoms with E-state index in [1.165, 1.54) is 18.2 Å². The number of piperidine rings is 1. The average molecular weight is 537 g/mol. The van der Waals surface area contributed by atoms with E-state index < -0.39 is 11.7 Å². The highest BCUT2D eigenvalue weighted by molar-refractivity contribution is 6.33. The van der Waals surface area contributed by atoms with Gasteiger partial charge in [-0.1, -0.05) is 47.5 Å². The number of hydrogen-bond donors (Lipinski definition) is 1. The fourth-order valence-electron chi connectivity index (χ4n) is 4.69. The highest BCUT2D eigenvalue weighted by Gasteiger charge is 2.37. The van der Waals surface area contributed by atoms with Crippen molar-refractivity contribution < 1.29 is 18.0 Å². The van der Waals surface area contributed by atoms with Crippen molar-refractivity contribution in [2.24, 2.45) is 0 Å². The van der Waals surface area contributed by atoms with Crippen molar-refractivity contribution in [1.82, 2.24) is 20.2 Å². The number of carbonyl (C=O) groups excluding carboxylic acids is 1. The van der Waals surface area contributed by atoms with Crippen molar-refractivity contribution in [3.8, 4) is 0 Å². The second kappa shape index (κ2) is 11.2. The van der Waals surface area contributed by atoms with Crippen LogP contribution in [0.3, 0.4) is 0 Å². The molecule has 1 saturated heterocycles. The van der Waals surface area contributed by atoms with E-state index >= 15 is 0 Å². The summed E-state index contributed by atoms with van der Waals surface area (Å²) >= 11 is 11.9. The molecule has 190 valence electrons. The number of carbonyl (C=O) groups is 1. The van der Waals surface area contributed by atoms with Crippen LogP contribution >= 0.6 is 23.2 Å². The molecule has 0 bridgehead atoms. The van der Waals surface area contributed by atoms with Crippen LogP contribution in [0.2, 0.25) is 10.3 Å². The lowest BCUT2D eigenvalue weighted by Gasteiger charge is -2.42. The molecule has 36 heavy (non-hydrogen) atoms. The predicted molar refractivity (Wildman–Crippen MR) is 133 cm³/mol. The SMILES string of the molecule is O=C(NCC1(c2cccnc2)CCN(CCc2ccccc2C(F)(F)F)CC1)c1cc(Cl)nc(Cl)c1. The maximum Gasteiger partial charge on any atom is 0.416 e. The molecule has 0 radical (unpaired) electrons. The summed E-state index contributed by atoms with van der Waals surface area (Å²) in [6.07, 6.45) is 0.895. The Morgan fingerprint density at radius 1 is 1.06 bits per heavy atom. The van der Waals surface area contributed by atoms with Gasteiger partial charge in [0.15, 0.2) is 0 Å². The lowest BCUT2D eigenvalue weighted by Crippen LogP contribution is -2.49. The van der Waals surface area contributed by atoms with Gasteiger partial charge in [-0.05, 0) is 67.7 Å². The number of rotatable bonds is 7. The number of amides is 1. The number of benzene rings is 1. The van der Waals surface area contributed by atoms with Crippen LogP contribution in [0.1, 0.15) is 39.9 Å². The van der Waals surface area contributed by atoms with Gasteiger partial charge in [-0.25, -0.2) is 4.98 Å². The lowest BCUT2D eigenvalue weighted by molar-refractivity contribution is -0.138. The van der Waals surface area contributed by atoms with E-state index in [1.54, 1.807) is 18.3 Å². The minimum atomic E-state index is -4.37. The summed E-state index contributed by atoms with van der Waals surface area (Å²) in [7, 11) is 0. The highest BCUT2D eigenvalue weighted by Crippen LogP contribution is 2.36. The molecule has 10 heteroatoms. The number of aromatic nitrogens is 2. The maximum absolute atomic E-state index is 13.3. The number of pyridine rings is 2. The molecule has 1 N–H and O–H groups in total. The predicted octanol–water partition coefficient (Wildman–Crippen LogP) is 5.81. The quantitative estimate of drug-likeness (QED) is 0.387. The molecule has 1 fully saturated rings. The molecule has 0 saturated carbocycles. The largest absolute Gasteiger partial charge is 0.416 e. The van der Waals surface area contributed by atoms with Gasteiger partial charge in [0.25, 0.3) is 5.91 Å². The van der Waals surface area contributed by atoms with E-state index in [-0.39, 0.29) is 21.6 Å². The zero-order valence-corrected chi connectivity index (χ0v) is 20.9. The molecule has 5 nitrogen and oxygen atoms in total. The van der Waals surface area contributed by atoms with Gasteiger partial charge in [0, 0.05) is 36.5 Å². The molecular weight excluding hydrogens is 512 g/mol. The second-order valence-electron chi connectivity index (χ2n) is 8.95. The fraction of sp³-hybridized carbons (Fsp3) is 0.346. The lowest BCUT2D eigenvalue weighted by atomic mass is 9.73. The summed E-state index contributed by atoms with van der Waals surface area (Å²) in [5.41, 5.74) is 0.701. The molecular formula is C26H25Cl2F3N4O. The van der Waals surface area contributed by atoms with Crippen LogP contribution in [0.25, 0.3) is 0 Å². The van der Waals surface area contributed by atoms with Crippen LogP contribution in [0.5, 0.6) is 0 Å². The Morgan fingerprint density at radius 3 is 2.39 bits per heavy atom. The van der Waals surface area contributed by atoms with Crippen LogP contribution in [0.15, 0.2) is 60.9 Å². The van der Waals surface area contributed by atoms with E-state index in [9.17, 15) is 18.0 Å². The van der Waals surface area contributed by atoms with Gasteiger partial charge < -0.3 is 10.2 Å². The van der Waals surface area contributed by atoms with Crippen molar-refractivity contribution in [1.29, 1.82) is 0 Å². The second-order valence-corrected chi connectivity index (χ2v) is 9.73. The summed E-state index contributed by atoms with van der Waals surface area (Å²) in [5.74, 6) is -0.310. The summed E-state index contributed by atoms with van der Waals surface area (Å²) in [6.45, 7) is 2.27. The number of nitrogens with zero attached hydrogens (tertiary/aromatic N) is 3. The standard InChI is InChI=1S/C26H25Cl2F3N4O/c27-22-14-19(15-23(28)34-22)24(36)33-17-25(20-5-3-10-32-16-20)8-12-35(13-9-25)11-7-18-4-1-2-6-21(18)26(29,30)31/h1-6,10,14-16H,7-9,11-13,17H2,(H,33,36). The van der Waals surface area contributed by atoms with Gasteiger partial charge in [0.1, 0.15) is 10.3 Å². The summed E-state index contributed by atoms with van der Waals surface area (Å²) in [4.78, 5) is 23.1. The molecule has 0 aliphatic carbocycles. The van der Waals surface area contributed by atoms with Crippen LogP contribution in [0, 0.1) is 0 Å². The minimum absolute atomic E-state index is 0.134. The number of likely N-dealkylation sites (tertiary alicyclic amines) is 1. The Morgan fingerprint density at radius 2 is 1.75 bits per heavy atom. The number of nitrogens with one attached hydrogen (secondary N) is 1. The third-order valence-corrected chi connectivity index (χ3v) is 7.11. The van der Waals surface area contributed by atoms with Crippen molar-refractivity contribution in [2.45, 2.75) is 30.9 Å². The smallest absolute Gasteiger partial charge is 0.351 e. The topological polar surface area (TPSA) is 58.1 Å². The van der Waals surface area contributed by atoms with Crippen molar-refractivity contribution >= 4 is 29.1 Å². The Balaban J connectivity index is 1.43. The van der Waals surface area contributed by atoms with E-state index in [1.807, 2.05) is 18.3 Å². The Kier molecular flexibility index (Phi) is 8.17. The maximum atomic E-state index is 13.3. The molecule has 3 heterocycles. The first-order chi connectivity index (χ1) is 17.2. The first-order valence-electron chi connectivity index (χ1n) is 11.6. The number of hydrogen-bond acceptors (Lipinski definition) is 4. The van der Waals surface area contributed by atoms with Crippen LogP contribution in [0.4, 0.5) is 13.2 Å². The summed E-state index contributed by atoms with van der Waals surface area (Å²) in [5, 5.41) is 3.27. The Hall–Kier alpha value is -2.68. The minimum Gasteiger partial charge on any atom is -0.351 e. The van der Waals surface area contributed by atoms with Crippen LogP contribution < -0.4 is 5.32 Å². The molecule has 0 unspecified atom stereocenters. The fourth-order valence-corrected chi connectivity index (χ4v) is 5.15. The number of alkyl halides is 3. The normalized spacial score (nSPS) is 16.0. The third kappa shape index (κ3) is 6.35. The van der Waals surface area contributed by atoms with Gasteiger partial charge in [-0.2, -0.15) is 13.2 Å². The van der Waals surface area contributed by atoms with Gasteiger partial charge >= 0.3 is 6.18 Å². The van der Waals surface area contributed by atoms with Crippen LogP contribution in [-0.4, -0.2) is 47.0 Å². The first kappa shape index (κ1) is 26.4. The number of halogens is 5. The van der Waals surface area contributed by atoms with Crippen molar-refractivity contribution in [3.05, 3.63) is 93.5 Å². The highest BCUT2D eigenvalue weighted by atomic mass is 35.5. The van der Waals surface area contributed by atoms with E-state index in [4.69, 9.17) is 23.2 Å². The molecule has 1 amide bonds. The zero-order valence-electron chi connectivity index (χ0n) is 19.4. The average Bonchev–Trinajstić information content (AvgIpc) is 2.86. The van der Waals surface area contributed by atoms with Gasteiger partial charge in [-0.3, -0.25) is 9.78 Å². The van der Waals surface area contributed by atoms with Crippen molar-refractivity contribution in [2.75, 3.05) is 26.2 Å². The molecule has 1 aliphatic rings. The van der Waals surface area contributed by atoms with Gasteiger partial charge in [0.05, 0.1) is 5.56 Å². The van der Waals surface area contributed by atoms with E-state index in [0.29, 0.717) is 43.7 Å². The first-order valence-corrected chi connectivity index (χ1v) is 12.3. The summed E-state index contributed by atoms with van der Waals surface area (Å²) in [6, 6.07) is 12.5. The molecule has 2 aromatic heterocycles. The summed E-state index contributed by atoms with van der Waals surface area (Å²) < 4.78 is 40.0. The molecule has 0 spiro atoms. The molecule has 0 atom stereocenters. The van der Waals surface area contributed by atoms with Gasteiger partial charge in [0.2, 0.25) is 0 Å².